The van der Waals surface area contributed by atoms with Crippen LogP contribution in [0.25, 0.3) is 0 Å². The van der Waals surface area contributed by atoms with Crippen LogP contribution in [0, 0.1) is 0 Å². The molecule has 100 valence electrons. The standard InChI is InChI=1S/C2H5O.3H3N.H2O4S.3H2O/c1-2-3;;;;1-5(2,3)4;;;/h2H2,1H3;3*1H3;(H2,1,2,3,4);3*1H2/q-1;;;;;;;/p+1. The SMILES string of the molecule is CC[O-].O.O.O.O=S(=O)([O-])[O-].[NH4+].[NH4+].[NH4+]. The lowest BCUT2D eigenvalue weighted by molar-refractivity contribution is -0.361. The van der Waals surface area contributed by atoms with Gasteiger partial charge in [0.2, 0.25) is 0 Å². The summed E-state index contributed by atoms with van der Waals surface area (Å²) in [6, 6.07) is 0. The second kappa shape index (κ2) is 38.9. The highest BCUT2D eigenvalue weighted by Gasteiger charge is 1.49. The first-order valence-electron chi connectivity index (χ1n) is 1.66. The van der Waals surface area contributed by atoms with Gasteiger partial charge >= 0.3 is 0 Å². The van der Waals surface area contributed by atoms with Crippen LogP contribution in [-0.4, -0.2) is 40.6 Å². The fraction of sp³-hybridized carbons (Fsp3) is 1.00. The minimum atomic E-state index is -5.17. The van der Waals surface area contributed by atoms with E-state index in [-0.39, 0.29) is 41.5 Å². The van der Waals surface area contributed by atoms with E-state index in [1.807, 2.05) is 0 Å². The van der Waals surface area contributed by atoms with Crippen molar-refractivity contribution in [3.05, 3.63) is 0 Å². The summed E-state index contributed by atoms with van der Waals surface area (Å²) < 4.78 is 34.1. The first kappa shape index (κ1) is 68.9. The van der Waals surface area contributed by atoms with Gasteiger partial charge in [-0.3, -0.25) is 8.42 Å². The van der Waals surface area contributed by atoms with Gasteiger partial charge in [0, 0.05) is 10.4 Å². The van der Waals surface area contributed by atoms with Crippen molar-refractivity contribution < 1.29 is 39.1 Å². The van der Waals surface area contributed by atoms with E-state index in [1.165, 1.54) is 0 Å². The van der Waals surface area contributed by atoms with Crippen molar-refractivity contribution in [2.45, 2.75) is 6.92 Å². The molecule has 0 aromatic carbocycles. The Morgan fingerprint density at radius 3 is 0.929 bits per heavy atom. The van der Waals surface area contributed by atoms with Gasteiger partial charge in [-0.2, -0.15) is 0 Å². The molecule has 0 aliphatic carbocycles. The Morgan fingerprint density at radius 2 is 0.929 bits per heavy atom. The van der Waals surface area contributed by atoms with Gasteiger partial charge < -0.3 is 49.1 Å². The second-order valence-corrected chi connectivity index (χ2v) is 1.51. The van der Waals surface area contributed by atoms with Crippen LogP contribution in [-0.2, 0) is 10.4 Å². The van der Waals surface area contributed by atoms with Gasteiger partial charge in [-0.05, 0) is 0 Å². The topological polar surface area (TPSA) is 307 Å². The fourth-order valence-corrected chi connectivity index (χ4v) is 0. The number of rotatable bonds is 0. The lowest BCUT2D eigenvalue weighted by Gasteiger charge is -2.06. The summed E-state index contributed by atoms with van der Waals surface area (Å²) in [5.74, 6) is 0. The molecule has 0 unspecified atom stereocenters. The van der Waals surface area contributed by atoms with Crippen molar-refractivity contribution in [1.29, 1.82) is 0 Å². The van der Waals surface area contributed by atoms with E-state index in [4.69, 9.17) is 22.6 Å². The number of hydrogen-bond donors (Lipinski definition) is 3. The van der Waals surface area contributed by atoms with E-state index in [9.17, 15) is 0 Å². The Morgan fingerprint density at radius 1 is 0.929 bits per heavy atom. The molecule has 11 nitrogen and oxygen atoms in total. The van der Waals surface area contributed by atoms with Crippen molar-refractivity contribution in [1.82, 2.24) is 18.5 Å². The van der Waals surface area contributed by atoms with Gasteiger partial charge in [0.25, 0.3) is 0 Å². The van der Waals surface area contributed by atoms with Crippen LogP contribution in [0.4, 0.5) is 0 Å². The minimum Gasteiger partial charge on any atom is -0.855 e. The zero-order valence-corrected chi connectivity index (χ0v) is 9.47. The molecule has 0 atom stereocenters. The Bertz CT molecular complexity index is 117. The normalized spacial score (nSPS) is 5.43. The van der Waals surface area contributed by atoms with Crippen LogP contribution >= 0.6 is 0 Å². The Labute approximate surface area is 82.4 Å². The summed E-state index contributed by atoms with van der Waals surface area (Å²) in [7, 11) is -5.17. The van der Waals surface area contributed by atoms with Crippen LogP contribution in [0.15, 0.2) is 0 Å². The highest BCUT2D eigenvalue weighted by molar-refractivity contribution is 7.79. The van der Waals surface area contributed by atoms with Crippen LogP contribution in [0.1, 0.15) is 6.92 Å². The smallest absolute Gasteiger partial charge is 0.0311 e. The van der Waals surface area contributed by atoms with E-state index in [0.717, 1.165) is 0 Å². The van der Waals surface area contributed by atoms with E-state index in [1.54, 1.807) is 6.92 Å². The third kappa shape index (κ3) is 7730. The lowest BCUT2D eigenvalue weighted by atomic mass is 10.9. The molecule has 12 heteroatoms. The van der Waals surface area contributed by atoms with Gasteiger partial charge in [0.15, 0.2) is 0 Å². The van der Waals surface area contributed by atoms with E-state index in [0.29, 0.717) is 0 Å². The third-order valence-electron chi connectivity index (χ3n) is 0. The van der Waals surface area contributed by atoms with Crippen molar-refractivity contribution in [2.24, 2.45) is 0 Å². The molecule has 0 aliphatic heterocycles. The molecule has 18 N–H and O–H groups in total. The lowest BCUT2D eigenvalue weighted by Crippen LogP contribution is -1.97. The predicted octanol–water partition coefficient (Wildman–Crippen LogP) is -3.32. The molecule has 0 amide bonds. The number of hydrogen-bond acceptors (Lipinski definition) is 5. The van der Waals surface area contributed by atoms with Crippen molar-refractivity contribution in [2.75, 3.05) is 6.61 Å². The van der Waals surface area contributed by atoms with Gasteiger partial charge in [0.05, 0.1) is 0 Å². The molecule has 0 aromatic rings. The van der Waals surface area contributed by atoms with Crippen molar-refractivity contribution in [3.63, 3.8) is 0 Å². The third-order valence-corrected chi connectivity index (χ3v) is 0. The summed E-state index contributed by atoms with van der Waals surface area (Å²) in [6.45, 7) is 1.57. The molecule has 0 aliphatic rings. The molecular formula is C2H23N3O8S. The van der Waals surface area contributed by atoms with Crippen LogP contribution in [0.3, 0.4) is 0 Å². The molecule has 0 saturated heterocycles. The molecule has 0 aromatic heterocycles. The number of quaternary nitrogens is 3. The van der Waals surface area contributed by atoms with Crippen LogP contribution in [0.5, 0.6) is 0 Å². The van der Waals surface area contributed by atoms with Gasteiger partial charge in [-0.25, -0.2) is 0 Å². The molecule has 0 rings (SSSR count). The summed E-state index contributed by atoms with van der Waals surface area (Å²) in [6.07, 6.45) is 0. The Kier molecular flexibility index (Phi) is 192. The molecule has 0 spiro atoms. The summed E-state index contributed by atoms with van der Waals surface area (Å²) >= 11 is 0. The fourth-order valence-electron chi connectivity index (χ4n) is 0. The molecule has 0 bridgehead atoms. The summed E-state index contributed by atoms with van der Waals surface area (Å²) in [5.41, 5.74) is 0. The van der Waals surface area contributed by atoms with Gasteiger partial charge in [-0.1, -0.05) is 6.92 Å². The van der Waals surface area contributed by atoms with Gasteiger partial charge in [-0.15, -0.1) is 6.61 Å². The monoisotopic (exact) mass is 249 g/mol. The summed E-state index contributed by atoms with van der Waals surface area (Å²) in [4.78, 5) is 0. The van der Waals surface area contributed by atoms with Crippen LogP contribution < -0.4 is 23.6 Å². The first-order chi connectivity index (χ1) is 3.41. The molecule has 0 fully saturated rings. The average molecular weight is 249 g/mol. The van der Waals surface area contributed by atoms with Crippen molar-refractivity contribution in [3.8, 4) is 0 Å². The highest BCUT2D eigenvalue weighted by Crippen LogP contribution is 1.57. The quantitative estimate of drug-likeness (QED) is 0.292. The maximum atomic E-state index is 8.93. The molecule has 0 radical (unpaired) electrons. The first-order valence-corrected chi connectivity index (χ1v) is 3.00. The van der Waals surface area contributed by atoms with Crippen molar-refractivity contribution >= 4 is 10.4 Å². The van der Waals surface area contributed by atoms with E-state index < -0.39 is 10.4 Å². The largest absolute Gasteiger partial charge is 0.855 e. The maximum absolute atomic E-state index is 8.93. The highest BCUT2D eigenvalue weighted by atomic mass is 32.3. The summed E-state index contributed by atoms with van der Waals surface area (Å²) in [5, 5.41) is 8.93. The zero-order valence-electron chi connectivity index (χ0n) is 8.66. The predicted molar refractivity (Wildman–Crippen MR) is 49.8 cm³/mol. The maximum Gasteiger partial charge on any atom is 0.0311 e. The Balaban J connectivity index is -0.00000000626. The Hall–Kier alpha value is -0.410. The minimum absolute atomic E-state index is 0. The molecule has 14 heavy (non-hydrogen) atoms. The zero-order chi connectivity index (χ0) is 7.21. The molecule has 0 saturated carbocycles. The van der Waals surface area contributed by atoms with E-state index in [2.05, 4.69) is 0 Å². The molecular weight excluding hydrogens is 226 g/mol. The average Bonchev–Trinajstić information content (AvgIpc) is 1.27. The second-order valence-electron chi connectivity index (χ2n) is 0.697. The van der Waals surface area contributed by atoms with Gasteiger partial charge in [0.1, 0.15) is 0 Å². The van der Waals surface area contributed by atoms with E-state index >= 15 is 0 Å². The van der Waals surface area contributed by atoms with Crippen LogP contribution in [0.2, 0.25) is 0 Å². The molecule has 0 heterocycles.